The predicted molar refractivity (Wildman–Crippen MR) is 89.5 cm³/mol. The fraction of sp³-hybridized carbons (Fsp3) is 0.562. The Balaban J connectivity index is 2.66. The number of ether oxygens (including phenoxy) is 1. The average molecular weight is 357 g/mol. The Hall–Kier alpha value is -1.07. The third-order valence-electron chi connectivity index (χ3n) is 3.11. The second kappa shape index (κ2) is 9.05. The van der Waals surface area contributed by atoms with E-state index < -0.39 is 0 Å². The molecule has 1 aromatic carbocycles. The first kappa shape index (κ1) is 18.0. The number of nitrogens with two attached hydrogens (primary N) is 1. The molecule has 1 atom stereocenters. The first-order valence-electron chi connectivity index (χ1n) is 7.36. The summed E-state index contributed by atoms with van der Waals surface area (Å²) in [4.78, 5) is 11.7. The van der Waals surface area contributed by atoms with Gasteiger partial charge in [0.15, 0.2) is 6.61 Å². The van der Waals surface area contributed by atoms with Crippen LogP contribution in [0.2, 0.25) is 0 Å². The van der Waals surface area contributed by atoms with Crippen molar-refractivity contribution in [2.45, 2.75) is 39.7 Å². The van der Waals surface area contributed by atoms with Crippen LogP contribution in [0.1, 0.15) is 32.8 Å². The van der Waals surface area contributed by atoms with Gasteiger partial charge in [0.25, 0.3) is 5.91 Å². The summed E-state index contributed by atoms with van der Waals surface area (Å²) in [5.41, 5.74) is 7.03. The lowest BCUT2D eigenvalue weighted by Crippen LogP contribution is -2.32. The van der Waals surface area contributed by atoms with E-state index in [1.54, 1.807) is 0 Å². The summed E-state index contributed by atoms with van der Waals surface area (Å²) in [5, 5.41) is 2.84. The monoisotopic (exact) mass is 356 g/mol. The van der Waals surface area contributed by atoms with Crippen LogP contribution in [0.3, 0.4) is 0 Å². The van der Waals surface area contributed by atoms with Crippen molar-refractivity contribution in [1.29, 1.82) is 0 Å². The first-order valence-corrected chi connectivity index (χ1v) is 8.15. The zero-order chi connectivity index (χ0) is 15.8. The van der Waals surface area contributed by atoms with Crippen molar-refractivity contribution in [2.75, 3.05) is 13.2 Å². The van der Waals surface area contributed by atoms with E-state index in [0.717, 1.165) is 22.9 Å². The summed E-state index contributed by atoms with van der Waals surface area (Å²) in [6, 6.07) is 5.94. The van der Waals surface area contributed by atoms with Crippen molar-refractivity contribution in [1.82, 2.24) is 5.32 Å². The SMILES string of the molecule is CCC(N)Cc1cccc(Br)c1OCC(=O)NCC(C)C. The fourth-order valence-electron chi connectivity index (χ4n) is 1.81. The lowest BCUT2D eigenvalue weighted by molar-refractivity contribution is -0.123. The lowest BCUT2D eigenvalue weighted by atomic mass is 10.0. The number of carbonyl (C=O) groups excluding carboxylic acids is 1. The zero-order valence-electron chi connectivity index (χ0n) is 13.0. The molecular weight excluding hydrogens is 332 g/mol. The zero-order valence-corrected chi connectivity index (χ0v) is 14.6. The number of nitrogens with one attached hydrogen (secondary N) is 1. The fourth-order valence-corrected chi connectivity index (χ4v) is 2.33. The molecule has 1 amide bonds. The molecule has 0 bridgehead atoms. The van der Waals surface area contributed by atoms with Crippen LogP contribution in [-0.2, 0) is 11.2 Å². The Bertz CT molecular complexity index is 464. The summed E-state index contributed by atoms with van der Waals surface area (Å²) in [6.07, 6.45) is 1.64. The smallest absolute Gasteiger partial charge is 0.257 e. The van der Waals surface area contributed by atoms with Gasteiger partial charge in [-0.25, -0.2) is 0 Å². The molecule has 4 nitrogen and oxygen atoms in total. The minimum Gasteiger partial charge on any atom is -0.482 e. The Morgan fingerprint density at radius 3 is 2.76 bits per heavy atom. The number of amides is 1. The Morgan fingerprint density at radius 1 is 1.43 bits per heavy atom. The van der Waals surface area contributed by atoms with E-state index in [2.05, 4.69) is 42.0 Å². The van der Waals surface area contributed by atoms with Gasteiger partial charge in [-0.1, -0.05) is 32.9 Å². The van der Waals surface area contributed by atoms with Crippen LogP contribution in [0.5, 0.6) is 5.75 Å². The van der Waals surface area contributed by atoms with E-state index in [4.69, 9.17) is 10.5 Å². The summed E-state index contributed by atoms with van der Waals surface area (Å²) < 4.78 is 6.54. The quantitative estimate of drug-likeness (QED) is 0.752. The first-order chi connectivity index (χ1) is 9.93. The number of benzene rings is 1. The maximum absolute atomic E-state index is 11.7. The Labute approximate surface area is 135 Å². The van der Waals surface area contributed by atoms with Crippen molar-refractivity contribution in [3.63, 3.8) is 0 Å². The molecule has 21 heavy (non-hydrogen) atoms. The van der Waals surface area contributed by atoms with Crippen molar-refractivity contribution in [3.8, 4) is 5.75 Å². The Morgan fingerprint density at radius 2 is 2.14 bits per heavy atom. The molecule has 0 saturated heterocycles. The highest BCUT2D eigenvalue weighted by Gasteiger charge is 2.13. The molecule has 1 aromatic rings. The highest BCUT2D eigenvalue weighted by atomic mass is 79.9. The molecule has 0 spiro atoms. The van der Waals surface area contributed by atoms with Gasteiger partial charge in [-0.05, 0) is 46.3 Å². The summed E-state index contributed by atoms with van der Waals surface area (Å²) in [6.45, 7) is 6.84. The van der Waals surface area contributed by atoms with Crippen molar-refractivity contribution < 1.29 is 9.53 Å². The molecule has 1 unspecified atom stereocenters. The van der Waals surface area contributed by atoms with E-state index in [0.29, 0.717) is 18.2 Å². The highest BCUT2D eigenvalue weighted by molar-refractivity contribution is 9.10. The molecule has 0 aliphatic rings. The van der Waals surface area contributed by atoms with Crippen molar-refractivity contribution in [3.05, 3.63) is 28.2 Å². The van der Waals surface area contributed by atoms with E-state index in [1.807, 2.05) is 18.2 Å². The van der Waals surface area contributed by atoms with Gasteiger partial charge in [-0.3, -0.25) is 4.79 Å². The van der Waals surface area contributed by atoms with E-state index in [-0.39, 0.29) is 18.6 Å². The van der Waals surface area contributed by atoms with E-state index in [1.165, 1.54) is 0 Å². The van der Waals surface area contributed by atoms with Crippen molar-refractivity contribution in [2.24, 2.45) is 11.7 Å². The molecule has 0 aliphatic heterocycles. The van der Waals surface area contributed by atoms with Gasteiger partial charge in [0.05, 0.1) is 4.47 Å². The van der Waals surface area contributed by atoms with Gasteiger partial charge >= 0.3 is 0 Å². The average Bonchev–Trinajstić information content (AvgIpc) is 2.44. The standard InChI is InChI=1S/C16H25BrN2O2/c1-4-13(18)8-12-6-5-7-14(17)16(12)21-10-15(20)19-9-11(2)3/h5-7,11,13H,4,8-10,18H2,1-3H3,(H,19,20). The predicted octanol–water partition coefficient (Wildman–Crippen LogP) is 2.88. The van der Waals surface area contributed by atoms with Crippen LogP contribution in [0, 0.1) is 5.92 Å². The van der Waals surface area contributed by atoms with Crippen LogP contribution < -0.4 is 15.8 Å². The number of para-hydroxylation sites is 1. The van der Waals surface area contributed by atoms with Gasteiger partial charge < -0.3 is 15.8 Å². The molecule has 0 aliphatic carbocycles. The molecule has 0 heterocycles. The largest absolute Gasteiger partial charge is 0.482 e. The second-order valence-electron chi connectivity index (χ2n) is 5.59. The number of halogens is 1. The number of carbonyl (C=O) groups is 1. The number of rotatable bonds is 8. The maximum Gasteiger partial charge on any atom is 0.257 e. The van der Waals surface area contributed by atoms with E-state index in [9.17, 15) is 4.79 Å². The molecule has 0 fully saturated rings. The molecular formula is C16H25BrN2O2. The minimum absolute atomic E-state index is 0.0176. The highest BCUT2D eigenvalue weighted by Crippen LogP contribution is 2.30. The maximum atomic E-state index is 11.7. The molecule has 3 N–H and O–H groups in total. The normalized spacial score (nSPS) is 12.3. The molecule has 1 rings (SSSR count). The molecule has 0 aromatic heterocycles. The van der Waals surface area contributed by atoms with Crippen LogP contribution >= 0.6 is 15.9 Å². The third-order valence-corrected chi connectivity index (χ3v) is 3.73. The van der Waals surface area contributed by atoms with Crippen LogP contribution in [-0.4, -0.2) is 25.1 Å². The van der Waals surface area contributed by atoms with Gasteiger partial charge in [0.1, 0.15) is 5.75 Å². The van der Waals surface area contributed by atoms with Gasteiger partial charge in [0.2, 0.25) is 0 Å². The molecule has 5 heteroatoms. The summed E-state index contributed by atoms with van der Waals surface area (Å²) in [7, 11) is 0. The molecule has 0 saturated carbocycles. The summed E-state index contributed by atoms with van der Waals surface area (Å²) in [5.74, 6) is 1.03. The Kier molecular flexibility index (Phi) is 7.75. The topological polar surface area (TPSA) is 64.3 Å². The van der Waals surface area contributed by atoms with Crippen LogP contribution in [0.25, 0.3) is 0 Å². The van der Waals surface area contributed by atoms with Gasteiger partial charge in [-0.15, -0.1) is 0 Å². The summed E-state index contributed by atoms with van der Waals surface area (Å²) >= 11 is 3.47. The van der Waals surface area contributed by atoms with Crippen molar-refractivity contribution >= 4 is 21.8 Å². The molecule has 118 valence electrons. The lowest BCUT2D eigenvalue weighted by Gasteiger charge is -2.16. The number of hydrogen-bond acceptors (Lipinski definition) is 3. The van der Waals surface area contributed by atoms with Gasteiger partial charge in [-0.2, -0.15) is 0 Å². The van der Waals surface area contributed by atoms with Gasteiger partial charge in [0, 0.05) is 12.6 Å². The molecule has 0 radical (unpaired) electrons. The number of hydrogen-bond donors (Lipinski definition) is 2. The third kappa shape index (κ3) is 6.48. The minimum atomic E-state index is -0.106. The van der Waals surface area contributed by atoms with Crippen LogP contribution in [0.4, 0.5) is 0 Å². The van der Waals surface area contributed by atoms with E-state index >= 15 is 0 Å². The van der Waals surface area contributed by atoms with Crippen LogP contribution in [0.15, 0.2) is 22.7 Å². The second-order valence-corrected chi connectivity index (χ2v) is 6.44.